The van der Waals surface area contributed by atoms with Crippen LogP contribution in [-0.2, 0) is 6.42 Å². The second-order valence-corrected chi connectivity index (χ2v) is 5.14. The Labute approximate surface area is 118 Å². The largest absolute Gasteiger partial charge is 0.493 e. The van der Waals surface area contributed by atoms with Crippen LogP contribution in [0.4, 0.5) is 5.82 Å². The molecule has 0 saturated heterocycles. The fraction of sp³-hybridized carbons (Fsp3) is 0.312. The number of aliphatic hydroxyl groups is 1. The number of benzene rings is 1. The van der Waals surface area contributed by atoms with Gasteiger partial charge in [0, 0.05) is 12.1 Å². The van der Waals surface area contributed by atoms with Crippen molar-refractivity contribution in [2.75, 3.05) is 12.3 Å². The van der Waals surface area contributed by atoms with E-state index in [4.69, 9.17) is 10.5 Å². The summed E-state index contributed by atoms with van der Waals surface area (Å²) >= 11 is 0. The smallest absolute Gasteiger partial charge is 0.123 e. The van der Waals surface area contributed by atoms with Gasteiger partial charge in [0.25, 0.3) is 0 Å². The highest BCUT2D eigenvalue weighted by Gasteiger charge is 2.27. The number of hydrogen-bond donors (Lipinski definition) is 2. The zero-order valence-corrected chi connectivity index (χ0v) is 11.2. The third kappa shape index (κ3) is 2.60. The van der Waals surface area contributed by atoms with Gasteiger partial charge in [0.1, 0.15) is 11.6 Å². The molecule has 0 aliphatic carbocycles. The van der Waals surface area contributed by atoms with Crippen molar-refractivity contribution in [2.24, 2.45) is 0 Å². The highest BCUT2D eigenvalue weighted by molar-refractivity contribution is 5.39. The average Bonchev–Trinajstić information content (AvgIpc) is 2.46. The van der Waals surface area contributed by atoms with E-state index in [-0.39, 0.29) is 5.92 Å². The molecule has 20 heavy (non-hydrogen) atoms. The van der Waals surface area contributed by atoms with Crippen LogP contribution < -0.4 is 10.5 Å². The van der Waals surface area contributed by atoms with E-state index in [1.54, 1.807) is 6.20 Å². The number of nitrogen functional groups attached to an aromatic ring is 1. The molecule has 104 valence electrons. The topological polar surface area (TPSA) is 68.4 Å². The van der Waals surface area contributed by atoms with Crippen LogP contribution >= 0.6 is 0 Å². The number of pyridine rings is 1. The Kier molecular flexibility index (Phi) is 3.56. The molecule has 4 nitrogen and oxygen atoms in total. The second-order valence-electron chi connectivity index (χ2n) is 5.14. The first-order chi connectivity index (χ1) is 9.74. The first-order valence-corrected chi connectivity index (χ1v) is 6.84. The average molecular weight is 270 g/mol. The molecule has 4 heteroatoms. The Balaban J connectivity index is 1.80. The Morgan fingerprint density at radius 2 is 2.20 bits per heavy atom. The molecule has 0 amide bonds. The van der Waals surface area contributed by atoms with Crippen molar-refractivity contribution < 1.29 is 9.84 Å². The summed E-state index contributed by atoms with van der Waals surface area (Å²) in [5.41, 5.74) is 7.78. The van der Waals surface area contributed by atoms with Gasteiger partial charge in [-0.05, 0) is 42.2 Å². The van der Waals surface area contributed by atoms with E-state index in [1.807, 2.05) is 36.4 Å². The van der Waals surface area contributed by atoms with Crippen LogP contribution in [0.1, 0.15) is 23.5 Å². The predicted molar refractivity (Wildman–Crippen MR) is 77.7 cm³/mol. The van der Waals surface area contributed by atoms with Crippen molar-refractivity contribution in [2.45, 2.75) is 24.9 Å². The second kappa shape index (κ2) is 5.51. The molecule has 1 aromatic carbocycles. The van der Waals surface area contributed by atoms with Gasteiger partial charge >= 0.3 is 0 Å². The molecule has 2 aromatic rings. The molecule has 1 aliphatic rings. The summed E-state index contributed by atoms with van der Waals surface area (Å²) < 4.78 is 5.63. The lowest BCUT2D eigenvalue weighted by Gasteiger charge is -2.29. The van der Waals surface area contributed by atoms with E-state index in [9.17, 15) is 5.11 Å². The predicted octanol–water partition coefficient (Wildman–Crippen LogP) is 2.13. The quantitative estimate of drug-likeness (QED) is 0.896. The molecule has 2 unspecified atom stereocenters. The van der Waals surface area contributed by atoms with Crippen LogP contribution in [0.25, 0.3) is 0 Å². The lowest BCUT2D eigenvalue weighted by Crippen LogP contribution is -2.26. The normalized spacial score (nSPS) is 18.9. The third-order valence-corrected chi connectivity index (χ3v) is 3.76. The van der Waals surface area contributed by atoms with Gasteiger partial charge in [0.05, 0.1) is 12.7 Å². The van der Waals surface area contributed by atoms with Gasteiger partial charge in [-0.3, -0.25) is 0 Å². The van der Waals surface area contributed by atoms with E-state index in [2.05, 4.69) is 4.98 Å². The first kappa shape index (κ1) is 12.9. The Bertz CT molecular complexity index is 601. The summed E-state index contributed by atoms with van der Waals surface area (Å²) in [5.74, 6) is 1.48. The van der Waals surface area contributed by atoms with Crippen LogP contribution in [0.2, 0.25) is 0 Å². The van der Waals surface area contributed by atoms with Crippen LogP contribution in [-0.4, -0.2) is 22.8 Å². The minimum atomic E-state index is -0.443. The minimum Gasteiger partial charge on any atom is -0.493 e. The summed E-state index contributed by atoms with van der Waals surface area (Å²) in [6.07, 6.45) is 2.64. The molecule has 0 bridgehead atoms. The molecule has 0 radical (unpaired) electrons. The number of aromatic nitrogens is 1. The molecule has 2 atom stereocenters. The zero-order chi connectivity index (χ0) is 13.9. The van der Waals surface area contributed by atoms with Gasteiger partial charge in [0.15, 0.2) is 0 Å². The molecule has 0 spiro atoms. The number of rotatable bonds is 3. The van der Waals surface area contributed by atoms with Crippen LogP contribution in [0.5, 0.6) is 5.75 Å². The molecular formula is C16H18N2O2. The maximum atomic E-state index is 10.5. The Morgan fingerprint density at radius 3 is 3.05 bits per heavy atom. The lowest BCUT2D eigenvalue weighted by atomic mass is 9.85. The van der Waals surface area contributed by atoms with Crippen molar-refractivity contribution in [1.82, 2.24) is 4.98 Å². The number of aliphatic hydroxyl groups excluding tert-OH is 1. The molecule has 1 aliphatic heterocycles. The molecule has 3 N–H and O–H groups in total. The molecule has 0 saturated carbocycles. The Hall–Kier alpha value is -2.07. The Morgan fingerprint density at radius 1 is 1.35 bits per heavy atom. The summed E-state index contributed by atoms with van der Waals surface area (Å²) in [5, 5.41) is 10.5. The number of fused-ring (bicyclic) bond motifs is 1. The van der Waals surface area contributed by atoms with Gasteiger partial charge in [-0.1, -0.05) is 18.2 Å². The van der Waals surface area contributed by atoms with Gasteiger partial charge < -0.3 is 15.6 Å². The van der Waals surface area contributed by atoms with Crippen LogP contribution in [0, 0.1) is 0 Å². The van der Waals surface area contributed by atoms with E-state index in [0.29, 0.717) is 18.8 Å². The lowest BCUT2D eigenvalue weighted by molar-refractivity contribution is 0.116. The summed E-state index contributed by atoms with van der Waals surface area (Å²) in [6.45, 7) is 0.650. The highest BCUT2D eigenvalue weighted by atomic mass is 16.5. The molecule has 2 heterocycles. The van der Waals surface area contributed by atoms with Crippen molar-refractivity contribution in [1.29, 1.82) is 0 Å². The van der Waals surface area contributed by atoms with Crippen molar-refractivity contribution >= 4 is 5.82 Å². The fourth-order valence-electron chi connectivity index (χ4n) is 2.77. The van der Waals surface area contributed by atoms with Gasteiger partial charge in [0.2, 0.25) is 0 Å². The fourth-order valence-corrected chi connectivity index (χ4v) is 2.77. The van der Waals surface area contributed by atoms with E-state index < -0.39 is 6.10 Å². The summed E-state index contributed by atoms with van der Waals surface area (Å²) in [6, 6.07) is 11.6. The van der Waals surface area contributed by atoms with E-state index >= 15 is 0 Å². The maximum Gasteiger partial charge on any atom is 0.123 e. The van der Waals surface area contributed by atoms with Crippen molar-refractivity contribution in [3.63, 3.8) is 0 Å². The number of ether oxygens (including phenoxy) is 1. The van der Waals surface area contributed by atoms with Gasteiger partial charge in [-0.15, -0.1) is 0 Å². The number of nitrogens with two attached hydrogens (primary N) is 1. The highest BCUT2D eigenvalue weighted by Crippen LogP contribution is 2.36. The molecular weight excluding hydrogens is 252 g/mol. The first-order valence-electron chi connectivity index (χ1n) is 6.84. The standard InChI is InChI=1S/C16H18N2O2/c17-16-10-11(5-7-18-16)9-14(19)12-6-8-20-15-4-2-1-3-13(12)15/h1-5,7,10,12,14,19H,6,8-9H2,(H2,17,18). The van der Waals surface area contributed by atoms with Gasteiger partial charge in [-0.25, -0.2) is 4.98 Å². The number of para-hydroxylation sites is 1. The number of anilines is 1. The van der Waals surface area contributed by atoms with E-state index in [0.717, 1.165) is 23.3 Å². The van der Waals surface area contributed by atoms with Crippen LogP contribution in [0.3, 0.4) is 0 Å². The number of nitrogens with zero attached hydrogens (tertiary/aromatic N) is 1. The minimum absolute atomic E-state index is 0.106. The van der Waals surface area contributed by atoms with E-state index in [1.165, 1.54) is 0 Å². The van der Waals surface area contributed by atoms with Crippen molar-refractivity contribution in [3.8, 4) is 5.75 Å². The molecule has 1 aromatic heterocycles. The SMILES string of the molecule is Nc1cc(CC(O)C2CCOc3ccccc32)ccn1. The maximum absolute atomic E-state index is 10.5. The summed E-state index contributed by atoms with van der Waals surface area (Å²) in [7, 11) is 0. The zero-order valence-electron chi connectivity index (χ0n) is 11.2. The summed E-state index contributed by atoms with van der Waals surface area (Å²) in [4.78, 5) is 3.97. The molecule has 3 rings (SSSR count). The molecule has 0 fully saturated rings. The monoisotopic (exact) mass is 270 g/mol. The van der Waals surface area contributed by atoms with Crippen molar-refractivity contribution in [3.05, 3.63) is 53.7 Å². The number of hydrogen-bond acceptors (Lipinski definition) is 4. The van der Waals surface area contributed by atoms with Gasteiger partial charge in [-0.2, -0.15) is 0 Å². The third-order valence-electron chi connectivity index (χ3n) is 3.76. The van der Waals surface area contributed by atoms with Crippen LogP contribution in [0.15, 0.2) is 42.6 Å².